The summed E-state index contributed by atoms with van der Waals surface area (Å²) in [4.78, 5) is 3.93. The Morgan fingerprint density at radius 3 is 2.62 bits per heavy atom. The van der Waals surface area contributed by atoms with Crippen LogP contribution < -0.4 is 0 Å². The van der Waals surface area contributed by atoms with Gasteiger partial charge in [0.25, 0.3) is 0 Å². The van der Waals surface area contributed by atoms with Crippen molar-refractivity contribution in [2.45, 2.75) is 13.8 Å². The molecule has 1 nitrogen and oxygen atoms in total. The van der Waals surface area contributed by atoms with Crippen molar-refractivity contribution in [1.29, 1.82) is 0 Å². The van der Waals surface area contributed by atoms with Crippen LogP contribution in [0.15, 0.2) is 6.20 Å². The molecule has 2 radical (unpaired) electrons. The minimum absolute atomic E-state index is 0.932. The molecule has 0 fully saturated rings. The molecule has 1 rings (SSSR count). The summed E-state index contributed by atoms with van der Waals surface area (Å²) in [5, 5.41) is 0. The Morgan fingerprint density at radius 2 is 2.25 bits per heavy atom. The molecule has 1 heteroatoms. The second-order valence-electron chi connectivity index (χ2n) is 1.74. The summed E-state index contributed by atoms with van der Waals surface area (Å²) in [5.74, 6) is 0. The van der Waals surface area contributed by atoms with Gasteiger partial charge in [-0.2, -0.15) is 0 Å². The van der Waals surface area contributed by atoms with Crippen molar-refractivity contribution < 1.29 is 0 Å². The van der Waals surface area contributed by atoms with E-state index in [-0.39, 0.29) is 0 Å². The number of aryl methyl sites for hydroxylation is 2. The van der Waals surface area contributed by atoms with Crippen LogP contribution in [0.25, 0.3) is 0 Å². The van der Waals surface area contributed by atoms with E-state index in [0.717, 1.165) is 11.3 Å². The van der Waals surface area contributed by atoms with Gasteiger partial charge in [-0.3, -0.25) is 4.98 Å². The van der Waals surface area contributed by atoms with Crippen LogP contribution in [0.5, 0.6) is 0 Å². The summed E-state index contributed by atoms with van der Waals surface area (Å²) >= 11 is 0. The zero-order chi connectivity index (χ0) is 5.98. The van der Waals surface area contributed by atoms with Gasteiger partial charge in [-0.05, 0) is 19.4 Å². The van der Waals surface area contributed by atoms with Crippen LogP contribution in [0.3, 0.4) is 0 Å². The van der Waals surface area contributed by atoms with Crippen LogP contribution in [0.4, 0.5) is 0 Å². The van der Waals surface area contributed by atoms with E-state index in [1.54, 1.807) is 6.20 Å². The van der Waals surface area contributed by atoms with Gasteiger partial charge in [0.1, 0.15) is 0 Å². The molecule has 0 spiro atoms. The topological polar surface area (TPSA) is 12.9 Å². The Bertz CT molecular complexity index is 164. The Kier molecular flexibility index (Phi) is 1.29. The fourth-order valence-electron chi connectivity index (χ4n) is 0.566. The molecule has 0 aliphatic heterocycles. The lowest BCUT2D eigenvalue weighted by atomic mass is 10.3. The quantitative estimate of drug-likeness (QED) is 0.484. The number of pyridine rings is 1. The van der Waals surface area contributed by atoms with Crippen LogP contribution in [0.1, 0.15) is 11.3 Å². The van der Waals surface area contributed by atoms with Gasteiger partial charge in [-0.25, -0.2) is 0 Å². The van der Waals surface area contributed by atoms with Gasteiger partial charge in [0.15, 0.2) is 0 Å². The maximum Gasteiger partial charge on any atom is 0.0454 e. The highest BCUT2D eigenvalue weighted by molar-refractivity contribution is 5.08. The molecule has 0 atom stereocenters. The summed E-state index contributed by atoms with van der Waals surface area (Å²) in [6.07, 6.45) is 1.67. The van der Waals surface area contributed by atoms with Crippen molar-refractivity contribution in [1.82, 2.24) is 4.98 Å². The molecule has 1 aromatic rings. The molecule has 0 N–H and O–H groups in total. The number of nitrogens with zero attached hydrogens (tertiary/aromatic N) is 1. The molecule has 1 aromatic heterocycles. The van der Waals surface area contributed by atoms with Crippen LogP contribution >= 0.6 is 0 Å². The molecule has 0 aliphatic carbocycles. The van der Waals surface area contributed by atoms with Crippen LogP contribution in [-0.2, 0) is 0 Å². The average molecular weight is 105 g/mol. The molecule has 0 unspecified atom stereocenters. The summed E-state index contributed by atoms with van der Waals surface area (Å²) < 4.78 is 0. The first kappa shape index (κ1) is 5.29. The SMILES string of the molecule is Cc1[c]cnc(C)[c]1. The summed E-state index contributed by atoms with van der Waals surface area (Å²) in [5.41, 5.74) is 1.96. The highest BCUT2D eigenvalue weighted by Gasteiger charge is 1.83. The van der Waals surface area contributed by atoms with E-state index in [4.69, 9.17) is 0 Å². The summed E-state index contributed by atoms with van der Waals surface area (Å²) in [7, 11) is 0. The molecule has 0 saturated heterocycles. The second kappa shape index (κ2) is 1.95. The van der Waals surface area contributed by atoms with Gasteiger partial charge < -0.3 is 0 Å². The average Bonchev–Trinajstić information content (AvgIpc) is 1.64. The number of aromatic nitrogens is 1. The minimum atomic E-state index is 0.932. The van der Waals surface area contributed by atoms with Gasteiger partial charge in [0.2, 0.25) is 0 Å². The van der Waals surface area contributed by atoms with E-state index in [0.29, 0.717) is 0 Å². The maximum atomic E-state index is 3.93. The Labute approximate surface area is 49.4 Å². The van der Waals surface area contributed by atoms with Gasteiger partial charge in [0, 0.05) is 24.0 Å². The molecular formula is C7H7N. The molecule has 0 amide bonds. The third kappa shape index (κ3) is 1.06. The van der Waals surface area contributed by atoms with Gasteiger partial charge in [-0.1, -0.05) is 0 Å². The lowest BCUT2D eigenvalue weighted by Crippen LogP contribution is -1.80. The highest BCUT2D eigenvalue weighted by atomic mass is 14.6. The monoisotopic (exact) mass is 105 g/mol. The summed E-state index contributed by atoms with van der Waals surface area (Å²) in [6.45, 7) is 3.87. The molecule has 0 aromatic carbocycles. The van der Waals surface area contributed by atoms with E-state index in [9.17, 15) is 0 Å². The van der Waals surface area contributed by atoms with Gasteiger partial charge >= 0.3 is 0 Å². The number of rotatable bonds is 0. The highest BCUT2D eigenvalue weighted by Crippen LogP contribution is 1.93. The Morgan fingerprint density at radius 1 is 1.50 bits per heavy atom. The molecule has 8 heavy (non-hydrogen) atoms. The number of hydrogen-bond donors (Lipinski definition) is 0. The van der Waals surface area contributed by atoms with Gasteiger partial charge in [-0.15, -0.1) is 0 Å². The smallest absolute Gasteiger partial charge is 0.0454 e. The molecule has 0 bridgehead atoms. The van der Waals surface area contributed by atoms with Crippen molar-refractivity contribution >= 4 is 0 Å². The third-order valence-electron chi connectivity index (χ3n) is 0.908. The van der Waals surface area contributed by atoms with Crippen molar-refractivity contribution in [3.05, 3.63) is 29.6 Å². The van der Waals surface area contributed by atoms with Gasteiger partial charge in [0.05, 0.1) is 0 Å². The van der Waals surface area contributed by atoms with Crippen molar-refractivity contribution in [3.8, 4) is 0 Å². The van der Waals surface area contributed by atoms with E-state index in [1.165, 1.54) is 0 Å². The van der Waals surface area contributed by atoms with Crippen molar-refractivity contribution in [2.75, 3.05) is 0 Å². The standard InChI is InChI=1S/C7H7N/c1-6-3-4-8-7(2)5-6/h4H,1-2H3. The van der Waals surface area contributed by atoms with E-state index in [2.05, 4.69) is 17.1 Å². The van der Waals surface area contributed by atoms with Crippen molar-refractivity contribution in [2.24, 2.45) is 0 Å². The lowest BCUT2D eigenvalue weighted by Gasteiger charge is -1.88. The fourth-order valence-corrected chi connectivity index (χ4v) is 0.566. The maximum absolute atomic E-state index is 3.93. The summed E-state index contributed by atoms with van der Waals surface area (Å²) in [6, 6.07) is 5.91. The van der Waals surface area contributed by atoms with Crippen molar-refractivity contribution in [3.63, 3.8) is 0 Å². The first-order valence-corrected chi connectivity index (χ1v) is 2.52. The normalized spacial score (nSPS) is 9.25. The predicted octanol–water partition coefficient (Wildman–Crippen LogP) is 1.30. The first-order valence-electron chi connectivity index (χ1n) is 2.52. The Hall–Kier alpha value is -0.850. The zero-order valence-electron chi connectivity index (χ0n) is 5.02. The molecule has 0 aliphatic rings. The lowest BCUT2D eigenvalue weighted by molar-refractivity contribution is 1.16. The molecule has 0 saturated carbocycles. The zero-order valence-corrected chi connectivity index (χ0v) is 5.02. The van der Waals surface area contributed by atoms with Crippen LogP contribution in [-0.4, -0.2) is 4.98 Å². The predicted molar refractivity (Wildman–Crippen MR) is 31.4 cm³/mol. The van der Waals surface area contributed by atoms with Crippen LogP contribution in [0, 0.1) is 26.0 Å². The molecular weight excluding hydrogens is 98.1 g/mol. The van der Waals surface area contributed by atoms with Crippen LogP contribution in [0.2, 0.25) is 0 Å². The molecule has 40 valence electrons. The Balaban J connectivity index is 3.08. The largest absolute Gasteiger partial charge is 0.260 e. The third-order valence-corrected chi connectivity index (χ3v) is 0.908. The fraction of sp³-hybridized carbons (Fsp3) is 0.286. The minimum Gasteiger partial charge on any atom is -0.260 e. The van der Waals surface area contributed by atoms with E-state index in [1.807, 2.05) is 13.8 Å². The first-order chi connectivity index (χ1) is 3.79. The second-order valence-corrected chi connectivity index (χ2v) is 1.74. The van der Waals surface area contributed by atoms with E-state index >= 15 is 0 Å². The number of hydrogen-bond acceptors (Lipinski definition) is 1. The molecule has 1 heterocycles. The van der Waals surface area contributed by atoms with E-state index < -0.39 is 0 Å².